The van der Waals surface area contributed by atoms with Crippen molar-refractivity contribution in [3.63, 3.8) is 0 Å². The fourth-order valence-electron chi connectivity index (χ4n) is 2.44. The van der Waals surface area contributed by atoms with E-state index in [4.69, 9.17) is 14.2 Å². The predicted octanol–water partition coefficient (Wildman–Crippen LogP) is 3.65. The molecule has 1 N–H and O–H groups in total. The van der Waals surface area contributed by atoms with Gasteiger partial charge in [-0.1, -0.05) is 30.3 Å². The van der Waals surface area contributed by atoms with Gasteiger partial charge in [0.05, 0.1) is 26.6 Å². The summed E-state index contributed by atoms with van der Waals surface area (Å²) in [6.07, 6.45) is 0. The van der Waals surface area contributed by atoms with Crippen LogP contribution in [0.3, 0.4) is 0 Å². The average molecular weight is 375 g/mol. The fourth-order valence-corrected chi connectivity index (χ4v) is 3.31. The van der Waals surface area contributed by atoms with Crippen molar-refractivity contribution < 1.29 is 19.0 Å². The van der Waals surface area contributed by atoms with Gasteiger partial charge in [0.25, 0.3) is 0 Å². The number of nitrogens with one attached hydrogen (secondary N) is 1. The fraction of sp³-hybridized carbons (Fsp3) is 0.350. The SMILES string of the molecule is COc1cc(CNC(=O)[C@H](C)SCc2ccccc2)cc(OC)c1OC. The maximum absolute atomic E-state index is 12.4. The van der Waals surface area contributed by atoms with Gasteiger partial charge >= 0.3 is 0 Å². The lowest BCUT2D eigenvalue weighted by atomic mass is 10.1. The highest BCUT2D eigenvalue weighted by Gasteiger charge is 2.16. The minimum atomic E-state index is -0.141. The Morgan fingerprint density at radius 1 is 1.00 bits per heavy atom. The second-order valence-corrected chi connectivity index (χ2v) is 7.02. The van der Waals surface area contributed by atoms with E-state index in [1.165, 1.54) is 5.56 Å². The van der Waals surface area contributed by atoms with Crippen LogP contribution in [0.1, 0.15) is 18.1 Å². The number of rotatable bonds is 9. The minimum Gasteiger partial charge on any atom is -0.493 e. The Kier molecular flexibility index (Phi) is 7.66. The summed E-state index contributed by atoms with van der Waals surface area (Å²) in [7, 11) is 4.71. The van der Waals surface area contributed by atoms with Gasteiger partial charge in [0.1, 0.15) is 0 Å². The summed E-state index contributed by atoms with van der Waals surface area (Å²) in [5.74, 6) is 2.49. The number of hydrogen-bond acceptors (Lipinski definition) is 5. The Balaban J connectivity index is 1.93. The van der Waals surface area contributed by atoms with E-state index in [1.807, 2.05) is 37.3 Å². The lowest BCUT2D eigenvalue weighted by Crippen LogP contribution is -2.30. The molecule has 0 aliphatic carbocycles. The summed E-state index contributed by atoms with van der Waals surface area (Å²) in [5.41, 5.74) is 2.09. The van der Waals surface area contributed by atoms with Crippen molar-refractivity contribution in [1.29, 1.82) is 0 Å². The zero-order valence-corrected chi connectivity index (χ0v) is 16.4. The molecule has 0 heterocycles. The van der Waals surface area contributed by atoms with Crippen LogP contribution in [0.15, 0.2) is 42.5 Å². The summed E-state index contributed by atoms with van der Waals surface area (Å²) in [6, 6.07) is 13.8. The summed E-state index contributed by atoms with van der Waals surface area (Å²) in [4.78, 5) is 12.4. The number of carbonyl (C=O) groups excluding carboxylic acids is 1. The first-order valence-corrected chi connectivity index (χ1v) is 9.36. The molecule has 0 aliphatic heterocycles. The molecule has 2 aromatic rings. The molecule has 0 fully saturated rings. The first-order chi connectivity index (χ1) is 12.6. The van der Waals surface area contributed by atoms with Gasteiger partial charge in [0, 0.05) is 12.3 Å². The number of thioether (sulfide) groups is 1. The van der Waals surface area contributed by atoms with E-state index in [1.54, 1.807) is 33.1 Å². The number of hydrogen-bond donors (Lipinski definition) is 1. The lowest BCUT2D eigenvalue weighted by Gasteiger charge is -2.15. The van der Waals surface area contributed by atoms with Crippen LogP contribution in [-0.2, 0) is 17.1 Å². The molecule has 1 atom stereocenters. The van der Waals surface area contributed by atoms with Crippen molar-refractivity contribution in [3.8, 4) is 17.2 Å². The van der Waals surface area contributed by atoms with Crippen molar-refractivity contribution in [1.82, 2.24) is 5.32 Å². The number of carbonyl (C=O) groups is 1. The number of amides is 1. The van der Waals surface area contributed by atoms with Crippen molar-refractivity contribution in [3.05, 3.63) is 53.6 Å². The standard InChI is InChI=1S/C20H25NO4S/c1-14(26-13-15-8-6-5-7-9-15)20(22)21-12-16-10-17(23-2)19(25-4)18(11-16)24-3/h5-11,14H,12-13H2,1-4H3,(H,21,22)/t14-/m0/s1. The molecular formula is C20H25NO4S. The molecule has 0 aliphatic rings. The second-order valence-electron chi connectivity index (χ2n) is 5.69. The van der Waals surface area contributed by atoms with Gasteiger partial charge in [-0.05, 0) is 30.2 Å². The molecule has 2 aromatic carbocycles. The monoisotopic (exact) mass is 375 g/mol. The number of methoxy groups -OCH3 is 3. The molecule has 0 unspecified atom stereocenters. The molecule has 0 spiro atoms. The van der Waals surface area contributed by atoms with Crippen LogP contribution < -0.4 is 19.5 Å². The topological polar surface area (TPSA) is 56.8 Å². The average Bonchev–Trinajstić information content (AvgIpc) is 2.69. The summed E-state index contributed by atoms with van der Waals surface area (Å²) in [5, 5.41) is 2.82. The van der Waals surface area contributed by atoms with Gasteiger partial charge in [-0.15, -0.1) is 11.8 Å². The van der Waals surface area contributed by atoms with Crippen LogP contribution in [0.2, 0.25) is 0 Å². The van der Waals surface area contributed by atoms with Crippen molar-refractivity contribution in [2.45, 2.75) is 24.5 Å². The van der Waals surface area contributed by atoms with Gasteiger partial charge < -0.3 is 19.5 Å². The van der Waals surface area contributed by atoms with Gasteiger partial charge in [0.2, 0.25) is 11.7 Å². The molecule has 140 valence electrons. The molecule has 0 saturated carbocycles. The molecule has 6 heteroatoms. The van der Waals surface area contributed by atoms with E-state index < -0.39 is 0 Å². The first-order valence-electron chi connectivity index (χ1n) is 8.31. The molecule has 0 radical (unpaired) electrons. The molecule has 2 rings (SSSR count). The third-order valence-electron chi connectivity index (χ3n) is 3.90. The van der Waals surface area contributed by atoms with Gasteiger partial charge in [-0.2, -0.15) is 0 Å². The van der Waals surface area contributed by atoms with Crippen molar-refractivity contribution >= 4 is 17.7 Å². The number of ether oxygens (including phenoxy) is 3. The second kappa shape index (κ2) is 9.97. The van der Waals surface area contributed by atoms with E-state index in [-0.39, 0.29) is 11.2 Å². The van der Waals surface area contributed by atoms with Crippen LogP contribution in [0.4, 0.5) is 0 Å². The van der Waals surface area contributed by atoms with E-state index in [0.717, 1.165) is 11.3 Å². The van der Waals surface area contributed by atoms with Crippen LogP contribution in [0.25, 0.3) is 0 Å². The maximum atomic E-state index is 12.4. The Labute approximate surface area is 159 Å². The highest BCUT2D eigenvalue weighted by atomic mass is 32.2. The molecular weight excluding hydrogens is 350 g/mol. The van der Waals surface area contributed by atoms with Crippen LogP contribution >= 0.6 is 11.8 Å². The third kappa shape index (κ3) is 5.33. The van der Waals surface area contributed by atoms with Crippen LogP contribution in [-0.4, -0.2) is 32.5 Å². The molecule has 0 saturated heterocycles. The van der Waals surface area contributed by atoms with Crippen molar-refractivity contribution in [2.24, 2.45) is 0 Å². The normalized spacial score (nSPS) is 11.5. The van der Waals surface area contributed by atoms with Gasteiger partial charge in [0.15, 0.2) is 11.5 Å². The summed E-state index contributed by atoms with van der Waals surface area (Å²) in [6.45, 7) is 2.31. The Morgan fingerprint density at radius 3 is 2.15 bits per heavy atom. The molecule has 1 amide bonds. The zero-order valence-electron chi connectivity index (χ0n) is 15.6. The van der Waals surface area contributed by atoms with E-state index in [0.29, 0.717) is 23.8 Å². The zero-order chi connectivity index (χ0) is 18.9. The quantitative estimate of drug-likeness (QED) is 0.725. The summed E-state index contributed by atoms with van der Waals surface area (Å²) < 4.78 is 16.0. The third-order valence-corrected chi connectivity index (χ3v) is 5.12. The Morgan fingerprint density at radius 2 is 1.62 bits per heavy atom. The van der Waals surface area contributed by atoms with E-state index in [9.17, 15) is 4.79 Å². The molecule has 26 heavy (non-hydrogen) atoms. The highest BCUT2D eigenvalue weighted by molar-refractivity contribution is 7.99. The summed E-state index contributed by atoms with van der Waals surface area (Å²) >= 11 is 1.61. The molecule has 0 aromatic heterocycles. The molecule has 5 nitrogen and oxygen atoms in total. The van der Waals surface area contributed by atoms with Crippen LogP contribution in [0, 0.1) is 0 Å². The Hall–Kier alpha value is -2.34. The largest absolute Gasteiger partial charge is 0.493 e. The van der Waals surface area contributed by atoms with E-state index in [2.05, 4.69) is 17.4 Å². The smallest absolute Gasteiger partial charge is 0.233 e. The van der Waals surface area contributed by atoms with Gasteiger partial charge in [-0.3, -0.25) is 4.79 Å². The highest BCUT2D eigenvalue weighted by Crippen LogP contribution is 2.38. The number of benzene rings is 2. The van der Waals surface area contributed by atoms with E-state index >= 15 is 0 Å². The predicted molar refractivity (Wildman–Crippen MR) is 105 cm³/mol. The maximum Gasteiger partial charge on any atom is 0.233 e. The van der Waals surface area contributed by atoms with Crippen molar-refractivity contribution in [2.75, 3.05) is 21.3 Å². The van der Waals surface area contributed by atoms with Gasteiger partial charge in [-0.25, -0.2) is 0 Å². The first kappa shape index (κ1) is 20.0. The lowest BCUT2D eigenvalue weighted by molar-refractivity contribution is -0.120. The van der Waals surface area contributed by atoms with Crippen LogP contribution in [0.5, 0.6) is 17.2 Å². The Bertz CT molecular complexity index is 696. The molecule has 0 bridgehead atoms. The minimum absolute atomic E-state index is 0.000294.